The number of ether oxygens (including phenoxy) is 1. The molecule has 1 aromatic rings. The van der Waals surface area contributed by atoms with Crippen LogP contribution in [0.3, 0.4) is 0 Å². The number of esters is 1. The predicted octanol–water partition coefficient (Wildman–Crippen LogP) is 1.76. The third-order valence-electron chi connectivity index (χ3n) is 3.13. The fourth-order valence-electron chi connectivity index (χ4n) is 2.29. The highest BCUT2D eigenvalue weighted by Gasteiger charge is 2.38. The Kier molecular flexibility index (Phi) is 3.94. The Balaban J connectivity index is 2.36. The van der Waals surface area contributed by atoms with Crippen LogP contribution >= 0.6 is 0 Å². The molecule has 0 saturated heterocycles. The van der Waals surface area contributed by atoms with E-state index in [1.165, 1.54) is 0 Å². The van der Waals surface area contributed by atoms with Crippen molar-refractivity contribution in [3.8, 4) is 0 Å². The summed E-state index contributed by atoms with van der Waals surface area (Å²) in [5.41, 5.74) is 0.793. The van der Waals surface area contributed by atoms with Crippen LogP contribution < -0.4 is 0 Å². The van der Waals surface area contributed by atoms with Crippen molar-refractivity contribution in [3.63, 3.8) is 0 Å². The fraction of sp³-hybridized carbons (Fsp3) is 0.357. The van der Waals surface area contributed by atoms with Gasteiger partial charge in [-0.1, -0.05) is 0 Å². The number of aliphatic hydroxyl groups excluding tert-OH is 1. The zero-order chi connectivity index (χ0) is 13.8. The van der Waals surface area contributed by atoms with Crippen molar-refractivity contribution in [1.82, 2.24) is 4.98 Å². The van der Waals surface area contributed by atoms with E-state index < -0.39 is 17.8 Å². The van der Waals surface area contributed by atoms with Gasteiger partial charge in [0.2, 0.25) is 0 Å². The first-order chi connectivity index (χ1) is 9.13. The molecule has 5 nitrogen and oxygen atoms in total. The zero-order valence-electron chi connectivity index (χ0n) is 10.6. The third-order valence-corrected chi connectivity index (χ3v) is 3.13. The monoisotopic (exact) mass is 261 g/mol. The Morgan fingerprint density at radius 3 is 2.79 bits per heavy atom. The number of aliphatic hydroxyl groups is 1. The standard InChI is InChI=1S/C14H15NO4/c1-2-19-14(18)13-11(7-10(16)8-12(13)17)9-3-5-15-6-4-9/h3-6,8,11,13,17H,2,7H2,1H3. The summed E-state index contributed by atoms with van der Waals surface area (Å²) < 4.78 is 4.97. The van der Waals surface area contributed by atoms with Crippen molar-refractivity contribution in [2.75, 3.05) is 6.61 Å². The predicted molar refractivity (Wildman–Crippen MR) is 67.4 cm³/mol. The molecule has 0 saturated carbocycles. The molecule has 0 spiro atoms. The van der Waals surface area contributed by atoms with Crippen LogP contribution in [-0.4, -0.2) is 28.4 Å². The van der Waals surface area contributed by atoms with Gasteiger partial charge in [0.25, 0.3) is 0 Å². The van der Waals surface area contributed by atoms with Gasteiger partial charge in [0.1, 0.15) is 11.7 Å². The summed E-state index contributed by atoms with van der Waals surface area (Å²) in [7, 11) is 0. The van der Waals surface area contributed by atoms with Gasteiger partial charge < -0.3 is 9.84 Å². The van der Waals surface area contributed by atoms with Gasteiger partial charge >= 0.3 is 5.97 Å². The molecule has 1 N–H and O–H groups in total. The highest BCUT2D eigenvalue weighted by atomic mass is 16.5. The first-order valence-corrected chi connectivity index (χ1v) is 6.13. The Morgan fingerprint density at radius 1 is 1.47 bits per heavy atom. The van der Waals surface area contributed by atoms with Gasteiger partial charge in [-0.25, -0.2) is 0 Å². The quantitative estimate of drug-likeness (QED) is 0.839. The largest absolute Gasteiger partial charge is 0.511 e. The van der Waals surface area contributed by atoms with Crippen molar-refractivity contribution < 1.29 is 19.4 Å². The van der Waals surface area contributed by atoms with E-state index in [0.717, 1.165) is 11.6 Å². The number of aromatic nitrogens is 1. The number of carbonyl (C=O) groups excluding carboxylic acids is 2. The summed E-state index contributed by atoms with van der Waals surface area (Å²) in [5.74, 6) is -2.15. The van der Waals surface area contributed by atoms with E-state index in [1.807, 2.05) is 0 Å². The van der Waals surface area contributed by atoms with Crippen LogP contribution in [0, 0.1) is 5.92 Å². The maximum absolute atomic E-state index is 11.9. The normalized spacial score (nSPS) is 22.8. The molecule has 2 atom stereocenters. The third kappa shape index (κ3) is 2.81. The van der Waals surface area contributed by atoms with Gasteiger partial charge in [-0.05, 0) is 24.6 Å². The molecule has 0 aromatic carbocycles. The molecule has 1 aliphatic carbocycles. The van der Waals surface area contributed by atoms with Crippen LogP contribution in [0.1, 0.15) is 24.8 Å². The second-order valence-corrected chi connectivity index (χ2v) is 4.36. The van der Waals surface area contributed by atoms with Gasteiger partial charge in [-0.15, -0.1) is 0 Å². The van der Waals surface area contributed by atoms with Crippen LogP contribution in [0.4, 0.5) is 0 Å². The molecule has 19 heavy (non-hydrogen) atoms. The minimum Gasteiger partial charge on any atom is -0.511 e. The number of hydrogen-bond donors (Lipinski definition) is 1. The SMILES string of the molecule is CCOC(=O)C1C(O)=CC(=O)CC1c1ccncc1. The highest BCUT2D eigenvalue weighted by Crippen LogP contribution is 2.36. The molecule has 1 aromatic heterocycles. The maximum atomic E-state index is 11.9. The fourth-order valence-corrected chi connectivity index (χ4v) is 2.29. The summed E-state index contributed by atoms with van der Waals surface area (Å²) in [6, 6.07) is 3.48. The van der Waals surface area contributed by atoms with Gasteiger partial charge in [0, 0.05) is 30.8 Å². The van der Waals surface area contributed by atoms with Crippen LogP contribution in [0.15, 0.2) is 36.4 Å². The van der Waals surface area contributed by atoms with Crippen molar-refractivity contribution in [3.05, 3.63) is 41.9 Å². The summed E-state index contributed by atoms with van der Waals surface area (Å²) in [6.07, 6.45) is 4.48. The van der Waals surface area contributed by atoms with E-state index in [4.69, 9.17) is 4.74 Å². The lowest BCUT2D eigenvalue weighted by molar-refractivity contribution is -0.148. The van der Waals surface area contributed by atoms with Crippen LogP contribution in [0.25, 0.3) is 0 Å². The average Bonchev–Trinajstić information content (AvgIpc) is 2.39. The van der Waals surface area contributed by atoms with Crippen LogP contribution in [0.2, 0.25) is 0 Å². The Labute approximate surface area is 110 Å². The number of nitrogens with zero attached hydrogens (tertiary/aromatic N) is 1. The molecule has 0 amide bonds. The molecule has 2 unspecified atom stereocenters. The highest BCUT2D eigenvalue weighted by molar-refractivity contribution is 5.94. The van der Waals surface area contributed by atoms with E-state index in [9.17, 15) is 14.7 Å². The summed E-state index contributed by atoms with van der Waals surface area (Å²) in [4.78, 5) is 27.4. The first-order valence-electron chi connectivity index (χ1n) is 6.13. The molecule has 100 valence electrons. The van der Waals surface area contributed by atoms with Crippen molar-refractivity contribution >= 4 is 11.8 Å². The Morgan fingerprint density at radius 2 is 2.16 bits per heavy atom. The molecule has 1 aliphatic rings. The first kappa shape index (κ1) is 13.3. The minimum atomic E-state index is -0.819. The van der Waals surface area contributed by atoms with E-state index in [0.29, 0.717) is 0 Å². The summed E-state index contributed by atoms with van der Waals surface area (Å²) in [5, 5.41) is 9.89. The van der Waals surface area contributed by atoms with E-state index in [1.54, 1.807) is 31.5 Å². The molecule has 1 heterocycles. The minimum absolute atomic E-state index is 0.178. The number of rotatable bonds is 3. The molecule has 0 radical (unpaired) electrons. The van der Waals surface area contributed by atoms with E-state index in [2.05, 4.69) is 4.98 Å². The summed E-state index contributed by atoms with van der Waals surface area (Å²) in [6.45, 7) is 1.94. The van der Waals surface area contributed by atoms with Crippen molar-refractivity contribution in [1.29, 1.82) is 0 Å². The van der Waals surface area contributed by atoms with Crippen molar-refractivity contribution in [2.45, 2.75) is 19.3 Å². The number of hydrogen-bond acceptors (Lipinski definition) is 5. The van der Waals surface area contributed by atoms with Gasteiger partial charge in [-0.2, -0.15) is 0 Å². The number of carbonyl (C=O) groups is 2. The van der Waals surface area contributed by atoms with E-state index >= 15 is 0 Å². The Hall–Kier alpha value is -2.17. The molecule has 5 heteroatoms. The smallest absolute Gasteiger partial charge is 0.317 e. The molecule has 2 rings (SSSR count). The van der Waals surface area contributed by atoms with Gasteiger partial charge in [-0.3, -0.25) is 14.6 Å². The molecule has 0 fully saturated rings. The lowest BCUT2D eigenvalue weighted by Crippen LogP contribution is -2.31. The maximum Gasteiger partial charge on any atom is 0.317 e. The van der Waals surface area contributed by atoms with Gasteiger partial charge in [0.05, 0.1) is 6.61 Å². The zero-order valence-corrected chi connectivity index (χ0v) is 10.6. The van der Waals surface area contributed by atoms with Gasteiger partial charge in [0.15, 0.2) is 5.78 Å². The molecular weight excluding hydrogens is 246 g/mol. The van der Waals surface area contributed by atoms with Crippen molar-refractivity contribution in [2.24, 2.45) is 5.92 Å². The number of ketones is 1. The number of pyridine rings is 1. The lowest BCUT2D eigenvalue weighted by Gasteiger charge is -2.27. The molecule has 0 bridgehead atoms. The molecule has 0 aliphatic heterocycles. The lowest BCUT2D eigenvalue weighted by atomic mass is 9.78. The number of allylic oxidation sites excluding steroid dienone is 1. The van der Waals surface area contributed by atoms with Crippen LogP contribution in [-0.2, 0) is 14.3 Å². The summed E-state index contributed by atoms with van der Waals surface area (Å²) >= 11 is 0. The van der Waals surface area contributed by atoms with E-state index in [-0.39, 0.29) is 24.6 Å². The molecular formula is C14H15NO4. The second kappa shape index (κ2) is 5.65. The topological polar surface area (TPSA) is 76.5 Å². The average molecular weight is 261 g/mol. The van der Waals surface area contributed by atoms with Crippen LogP contribution in [0.5, 0.6) is 0 Å². The second-order valence-electron chi connectivity index (χ2n) is 4.36. The Bertz CT molecular complexity index is 509.